The Morgan fingerprint density at radius 3 is 2.45 bits per heavy atom. The molecule has 106 valence electrons. The number of rotatable bonds is 4. The summed E-state index contributed by atoms with van der Waals surface area (Å²) in [4.78, 5) is 1.78. The van der Waals surface area contributed by atoms with Gasteiger partial charge in [0.15, 0.2) is 0 Å². The third-order valence-electron chi connectivity index (χ3n) is 3.45. The second-order valence-electron chi connectivity index (χ2n) is 5.07. The molecule has 0 aromatic heterocycles. The lowest BCUT2D eigenvalue weighted by atomic mass is 10.1. The van der Waals surface area contributed by atoms with E-state index in [4.69, 9.17) is 0 Å². The van der Waals surface area contributed by atoms with Gasteiger partial charge in [0.05, 0.1) is 0 Å². The quantitative estimate of drug-likeness (QED) is 0.861. The standard InChI is InChI=1S/C17H20FNS/c1-11-5-6-12(2)17(9-11)20-16-8-7-14(10-15(16)18)13(3)19-4/h5-10,13,19H,1-4H3. The van der Waals surface area contributed by atoms with Crippen molar-refractivity contribution in [1.82, 2.24) is 5.32 Å². The summed E-state index contributed by atoms with van der Waals surface area (Å²) in [6.07, 6.45) is 0. The summed E-state index contributed by atoms with van der Waals surface area (Å²) in [5, 5.41) is 3.12. The van der Waals surface area contributed by atoms with E-state index in [1.807, 2.05) is 26.1 Å². The molecule has 0 saturated heterocycles. The van der Waals surface area contributed by atoms with Crippen LogP contribution in [0.1, 0.15) is 29.7 Å². The molecule has 0 amide bonds. The van der Waals surface area contributed by atoms with Crippen molar-refractivity contribution in [1.29, 1.82) is 0 Å². The Hall–Kier alpha value is -1.32. The smallest absolute Gasteiger partial charge is 0.137 e. The molecule has 1 nitrogen and oxygen atoms in total. The summed E-state index contributed by atoms with van der Waals surface area (Å²) < 4.78 is 14.2. The van der Waals surface area contributed by atoms with Crippen LogP contribution in [0.3, 0.4) is 0 Å². The van der Waals surface area contributed by atoms with Crippen molar-refractivity contribution in [3.05, 3.63) is 58.9 Å². The minimum Gasteiger partial charge on any atom is -0.313 e. The van der Waals surface area contributed by atoms with Crippen LogP contribution in [-0.2, 0) is 0 Å². The van der Waals surface area contributed by atoms with Crippen molar-refractivity contribution in [3.8, 4) is 0 Å². The molecule has 0 aliphatic heterocycles. The Bertz CT molecular complexity index is 610. The molecular formula is C17H20FNS. The fourth-order valence-electron chi connectivity index (χ4n) is 1.97. The number of aryl methyl sites for hydroxylation is 2. The number of hydrogen-bond donors (Lipinski definition) is 1. The van der Waals surface area contributed by atoms with Gasteiger partial charge in [-0.05, 0) is 62.7 Å². The van der Waals surface area contributed by atoms with E-state index in [9.17, 15) is 4.39 Å². The highest BCUT2D eigenvalue weighted by Crippen LogP contribution is 2.33. The second-order valence-corrected chi connectivity index (χ2v) is 6.16. The molecule has 20 heavy (non-hydrogen) atoms. The van der Waals surface area contributed by atoms with Crippen LogP contribution in [0.4, 0.5) is 4.39 Å². The van der Waals surface area contributed by atoms with E-state index in [0.29, 0.717) is 4.90 Å². The zero-order chi connectivity index (χ0) is 14.7. The largest absolute Gasteiger partial charge is 0.313 e. The minimum absolute atomic E-state index is 0.157. The van der Waals surface area contributed by atoms with Gasteiger partial charge in [-0.1, -0.05) is 30.0 Å². The summed E-state index contributed by atoms with van der Waals surface area (Å²) in [5.74, 6) is -0.157. The first-order valence-corrected chi connectivity index (χ1v) is 7.54. The first-order valence-electron chi connectivity index (χ1n) is 6.73. The Morgan fingerprint density at radius 2 is 1.80 bits per heavy atom. The molecule has 2 aromatic rings. The topological polar surface area (TPSA) is 12.0 Å². The monoisotopic (exact) mass is 289 g/mol. The second kappa shape index (κ2) is 6.42. The van der Waals surface area contributed by atoms with Crippen LogP contribution in [0.25, 0.3) is 0 Å². The Morgan fingerprint density at radius 1 is 1.05 bits per heavy atom. The van der Waals surface area contributed by atoms with Crippen LogP contribution in [0.15, 0.2) is 46.2 Å². The molecule has 0 saturated carbocycles. The average molecular weight is 289 g/mol. The first kappa shape index (κ1) is 15.1. The van der Waals surface area contributed by atoms with Gasteiger partial charge in [0.1, 0.15) is 5.82 Å². The normalized spacial score (nSPS) is 12.4. The SMILES string of the molecule is CNC(C)c1ccc(Sc2cc(C)ccc2C)c(F)c1. The van der Waals surface area contributed by atoms with E-state index >= 15 is 0 Å². The maximum Gasteiger partial charge on any atom is 0.137 e. The molecule has 0 bridgehead atoms. The van der Waals surface area contributed by atoms with Gasteiger partial charge in [-0.15, -0.1) is 0 Å². The first-order chi connectivity index (χ1) is 9.51. The summed E-state index contributed by atoms with van der Waals surface area (Å²) >= 11 is 1.49. The van der Waals surface area contributed by atoms with Crippen LogP contribution in [0.2, 0.25) is 0 Å². The summed E-state index contributed by atoms with van der Waals surface area (Å²) in [6.45, 7) is 6.13. The molecule has 1 unspecified atom stereocenters. The van der Waals surface area contributed by atoms with Crippen LogP contribution < -0.4 is 5.32 Å². The predicted molar refractivity (Wildman–Crippen MR) is 83.9 cm³/mol. The van der Waals surface area contributed by atoms with Crippen molar-refractivity contribution in [2.75, 3.05) is 7.05 Å². The van der Waals surface area contributed by atoms with Crippen LogP contribution in [0.5, 0.6) is 0 Å². The van der Waals surface area contributed by atoms with Gasteiger partial charge in [-0.2, -0.15) is 0 Å². The Balaban J connectivity index is 2.28. The summed E-state index contributed by atoms with van der Waals surface area (Å²) in [7, 11) is 1.88. The van der Waals surface area contributed by atoms with E-state index in [-0.39, 0.29) is 11.9 Å². The van der Waals surface area contributed by atoms with Gasteiger partial charge < -0.3 is 5.32 Å². The van der Waals surface area contributed by atoms with Crippen molar-refractivity contribution in [2.45, 2.75) is 36.6 Å². The van der Waals surface area contributed by atoms with Gasteiger partial charge in [-0.3, -0.25) is 0 Å². The lowest BCUT2D eigenvalue weighted by Crippen LogP contribution is -2.12. The molecule has 0 spiro atoms. The lowest BCUT2D eigenvalue weighted by Gasteiger charge is -2.13. The molecule has 0 radical (unpaired) electrons. The highest BCUT2D eigenvalue weighted by molar-refractivity contribution is 7.99. The summed E-state index contributed by atoms with van der Waals surface area (Å²) in [6, 6.07) is 11.9. The van der Waals surface area contributed by atoms with Crippen molar-refractivity contribution >= 4 is 11.8 Å². The summed E-state index contributed by atoms with van der Waals surface area (Å²) in [5.41, 5.74) is 3.34. The van der Waals surface area contributed by atoms with Crippen LogP contribution >= 0.6 is 11.8 Å². The third-order valence-corrected chi connectivity index (χ3v) is 4.66. The molecule has 3 heteroatoms. The molecule has 0 fully saturated rings. The van der Waals surface area contributed by atoms with Crippen LogP contribution in [0, 0.1) is 19.7 Å². The maximum absolute atomic E-state index is 14.2. The molecule has 2 rings (SSSR count). The van der Waals surface area contributed by atoms with Gasteiger partial charge in [0.25, 0.3) is 0 Å². The van der Waals surface area contributed by atoms with Gasteiger partial charge in [0, 0.05) is 15.8 Å². The number of halogens is 1. The fraction of sp³-hybridized carbons (Fsp3) is 0.294. The van der Waals surface area contributed by atoms with E-state index in [1.165, 1.54) is 22.9 Å². The third kappa shape index (κ3) is 3.41. The maximum atomic E-state index is 14.2. The van der Waals surface area contributed by atoms with Gasteiger partial charge >= 0.3 is 0 Å². The number of hydrogen-bond acceptors (Lipinski definition) is 2. The Labute approximate surface area is 124 Å². The minimum atomic E-state index is -0.157. The number of benzene rings is 2. The average Bonchev–Trinajstić information content (AvgIpc) is 2.44. The predicted octanol–water partition coefficient (Wildman–Crippen LogP) is 4.87. The Kier molecular flexibility index (Phi) is 4.84. The van der Waals surface area contributed by atoms with Crippen molar-refractivity contribution in [2.24, 2.45) is 0 Å². The molecule has 1 N–H and O–H groups in total. The molecular weight excluding hydrogens is 269 g/mol. The molecule has 1 atom stereocenters. The molecule has 0 heterocycles. The van der Waals surface area contributed by atoms with Crippen LogP contribution in [-0.4, -0.2) is 7.05 Å². The van der Waals surface area contributed by atoms with E-state index < -0.39 is 0 Å². The molecule has 2 aromatic carbocycles. The van der Waals surface area contributed by atoms with E-state index in [0.717, 1.165) is 10.5 Å². The molecule has 0 aliphatic rings. The van der Waals surface area contributed by atoms with Gasteiger partial charge in [0.2, 0.25) is 0 Å². The molecule has 0 aliphatic carbocycles. The zero-order valence-electron chi connectivity index (χ0n) is 12.3. The zero-order valence-corrected chi connectivity index (χ0v) is 13.1. The van der Waals surface area contributed by atoms with Crippen molar-refractivity contribution in [3.63, 3.8) is 0 Å². The highest BCUT2D eigenvalue weighted by Gasteiger charge is 2.10. The lowest BCUT2D eigenvalue weighted by molar-refractivity contribution is 0.587. The van der Waals surface area contributed by atoms with Gasteiger partial charge in [-0.25, -0.2) is 4.39 Å². The van der Waals surface area contributed by atoms with Crippen molar-refractivity contribution < 1.29 is 4.39 Å². The highest BCUT2D eigenvalue weighted by atomic mass is 32.2. The van der Waals surface area contributed by atoms with E-state index in [2.05, 4.69) is 37.4 Å². The fourth-order valence-corrected chi connectivity index (χ4v) is 2.97. The van der Waals surface area contributed by atoms with E-state index in [1.54, 1.807) is 6.07 Å². The number of nitrogens with one attached hydrogen (secondary N) is 1.